The van der Waals surface area contributed by atoms with Crippen molar-refractivity contribution < 1.29 is 4.57 Å². The van der Waals surface area contributed by atoms with Crippen molar-refractivity contribution in [2.45, 2.75) is 13.5 Å². The van der Waals surface area contributed by atoms with Crippen LogP contribution in [0.15, 0.2) is 24.5 Å². The Labute approximate surface area is 96.1 Å². The number of aromatic nitrogens is 5. The molecule has 0 unspecified atom stereocenters. The molecule has 0 aromatic carbocycles. The van der Waals surface area contributed by atoms with Gasteiger partial charge in [-0.05, 0) is 6.92 Å². The summed E-state index contributed by atoms with van der Waals surface area (Å²) in [6.45, 7) is 3.08. The summed E-state index contributed by atoms with van der Waals surface area (Å²) in [7, 11) is 0. The Bertz CT molecular complexity index is 581. The Morgan fingerprint density at radius 2 is 2.12 bits per heavy atom. The van der Waals surface area contributed by atoms with E-state index in [1.54, 1.807) is 0 Å². The zero-order valence-corrected chi connectivity index (χ0v) is 9.53. The van der Waals surface area contributed by atoms with Crippen molar-refractivity contribution in [1.82, 2.24) is 18.7 Å². The van der Waals surface area contributed by atoms with Crippen LogP contribution in [0.1, 0.15) is 6.92 Å². The number of H-pyrrole nitrogens is 1. The Morgan fingerprint density at radius 3 is 2.81 bits per heavy atom. The Hall–Kier alpha value is -1.82. The van der Waals surface area contributed by atoms with Gasteiger partial charge in [0.15, 0.2) is 18.0 Å². The van der Waals surface area contributed by atoms with Gasteiger partial charge in [0.05, 0.1) is 11.7 Å². The first kappa shape index (κ1) is 9.41. The van der Waals surface area contributed by atoms with Gasteiger partial charge in [-0.2, -0.15) is 8.75 Å². The largest absolute Gasteiger partial charge is 0.320 e. The highest BCUT2D eigenvalue weighted by Gasteiger charge is 2.09. The molecule has 0 spiro atoms. The second-order valence-corrected chi connectivity index (χ2v) is 3.97. The van der Waals surface area contributed by atoms with Crippen molar-refractivity contribution in [2.75, 3.05) is 0 Å². The van der Waals surface area contributed by atoms with Crippen LogP contribution >= 0.6 is 11.7 Å². The quantitative estimate of drug-likeness (QED) is 0.679. The van der Waals surface area contributed by atoms with Crippen LogP contribution in [0, 0.1) is 0 Å². The maximum Gasteiger partial charge on any atom is 0.212 e. The standard InChI is InChI=1S/C10H10N5S/c1-2-15-5-3-7(4-6-15)8-11-9-10(12-8)14-16-13-9/h3-6H,2H2,1H3,(H,11,12,13,14)/q+1. The molecular weight excluding hydrogens is 222 g/mol. The van der Waals surface area contributed by atoms with Crippen LogP contribution in [-0.2, 0) is 6.54 Å². The maximum absolute atomic E-state index is 4.37. The van der Waals surface area contributed by atoms with E-state index in [9.17, 15) is 0 Å². The predicted molar refractivity (Wildman–Crippen MR) is 60.9 cm³/mol. The molecule has 0 fully saturated rings. The zero-order chi connectivity index (χ0) is 11.0. The molecule has 1 N–H and O–H groups in total. The minimum Gasteiger partial charge on any atom is -0.320 e. The lowest BCUT2D eigenvalue weighted by Crippen LogP contribution is -2.30. The van der Waals surface area contributed by atoms with Crippen molar-refractivity contribution in [3.8, 4) is 11.4 Å². The average molecular weight is 232 g/mol. The van der Waals surface area contributed by atoms with Crippen molar-refractivity contribution in [2.24, 2.45) is 0 Å². The van der Waals surface area contributed by atoms with Gasteiger partial charge in [-0.15, -0.1) is 0 Å². The van der Waals surface area contributed by atoms with E-state index in [1.807, 2.05) is 24.5 Å². The van der Waals surface area contributed by atoms with E-state index in [0.29, 0.717) is 5.65 Å². The molecule has 3 heterocycles. The molecule has 16 heavy (non-hydrogen) atoms. The number of pyridine rings is 1. The average Bonchev–Trinajstić information content (AvgIpc) is 2.89. The summed E-state index contributed by atoms with van der Waals surface area (Å²) in [4.78, 5) is 7.52. The van der Waals surface area contributed by atoms with Gasteiger partial charge >= 0.3 is 0 Å². The van der Waals surface area contributed by atoms with Gasteiger partial charge in [-0.1, -0.05) is 0 Å². The van der Waals surface area contributed by atoms with Crippen LogP contribution in [0.4, 0.5) is 0 Å². The van der Waals surface area contributed by atoms with E-state index >= 15 is 0 Å². The smallest absolute Gasteiger partial charge is 0.212 e. The van der Waals surface area contributed by atoms with E-state index in [1.165, 1.54) is 11.7 Å². The number of nitrogens with zero attached hydrogens (tertiary/aromatic N) is 4. The highest BCUT2D eigenvalue weighted by molar-refractivity contribution is 7.00. The lowest BCUT2D eigenvalue weighted by atomic mass is 10.2. The summed E-state index contributed by atoms with van der Waals surface area (Å²) in [6, 6.07) is 4.06. The fraction of sp³-hybridized carbons (Fsp3) is 0.200. The number of nitrogens with one attached hydrogen (secondary N) is 1. The van der Waals surface area contributed by atoms with Crippen LogP contribution in [0.3, 0.4) is 0 Å². The molecule has 0 atom stereocenters. The van der Waals surface area contributed by atoms with E-state index in [2.05, 4.69) is 30.2 Å². The minimum atomic E-state index is 0.687. The first-order valence-electron chi connectivity index (χ1n) is 5.04. The van der Waals surface area contributed by atoms with Crippen molar-refractivity contribution >= 4 is 23.0 Å². The van der Waals surface area contributed by atoms with Gasteiger partial charge in [0.1, 0.15) is 12.4 Å². The molecule has 0 aliphatic rings. The van der Waals surface area contributed by atoms with Crippen molar-refractivity contribution in [3.63, 3.8) is 0 Å². The number of fused-ring (bicyclic) bond motifs is 1. The second kappa shape index (κ2) is 3.64. The van der Waals surface area contributed by atoms with Crippen LogP contribution < -0.4 is 4.57 Å². The number of hydrogen-bond donors (Lipinski definition) is 1. The lowest BCUT2D eigenvalue weighted by Gasteiger charge is -1.94. The van der Waals surface area contributed by atoms with E-state index in [0.717, 1.165) is 23.6 Å². The zero-order valence-electron chi connectivity index (χ0n) is 8.71. The predicted octanol–water partition coefficient (Wildman–Crippen LogP) is 1.39. The summed E-state index contributed by atoms with van der Waals surface area (Å²) in [5, 5.41) is 0. The van der Waals surface area contributed by atoms with E-state index in [-0.39, 0.29) is 0 Å². The molecular formula is C10H10N5S+. The molecule has 80 valence electrons. The molecule has 6 heteroatoms. The number of hydrogen-bond acceptors (Lipinski definition) is 4. The Morgan fingerprint density at radius 1 is 1.31 bits per heavy atom. The molecule has 3 aromatic rings. The highest BCUT2D eigenvalue weighted by Crippen LogP contribution is 2.17. The number of aryl methyl sites for hydroxylation is 1. The van der Waals surface area contributed by atoms with Gasteiger partial charge in [-0.25, -0.2) is 9.55 Å². The second-order valence-electron chi connectivity index (χ2n) is 3.44. The third kappa shape index (κ3) is 1.47. The van der Waals surface area contributed by atoms with Crippen LogP contribution in [0.5, 0.6) is 0 Å². The summed E-state index contributed by atoms with van der Waals surface area (Å²) in [5.41, 5.74) is 2.49. The molecule has 0 amide bonds. The van der Waals surface area contributed by atoms with Crippen molar-refractivity contribution in [3.05, 3.63) is 24.5 Å². The summed E-state index contributed by atoms with van der Waals surface area (Å²) in [5.74, 6) is 0.820. The van der Waals surface area contributed by atoms with Gasteiger partial charge in [0.25, 0.3) is 0 Å². The molecule has 0 aliphatic carbocycles. The summed E-state index contributed by atoms with van der Waals surface area (Å²) < 4.78 is 10.3. The summed E-state index contributed by atoms with van der Waals surface area (Å²) in [6.07, 6.45) is 4.07. The van der Waals surface area contributed by atoms with Crippen LogP contribution in [-0.4, -0.2) is 18.7 Å². The molecule has 0 radical (unpaired) electrons. The maximum atomic E-state index is 4.37. The monoisotopic (exact) mass is 232 g/mol. The van der Waals surface area contributed by atoms with Crippen LogP contribution in [0.2, 0.25) is 0 Å². The molecule has 5 nitrogen and oxygen atoms in total. The van der Waals surface area contributed by atoms with Crippen molar-refractivity contribution in [1.29, 1.82) is 0 Å². The summed E-state index contributed by atoms with van der Waals surface area (Å²) >= 11 is 1.17. The van der Waals surface area contributed by atoms with Gasteiger partial charge in [-0.3, -0.25) is 0 Å². The first-order chi connectivity index (χ1) is 7.86. The molecule has 3 rings (SSSR count). The first-order valence-corrected chi connectivity index (χ1v) is 5.77. The molecule has 3 aromatic heterocycles. The van der Waals surface area contributed by atoms with Crippen LogP contribution in [0.25, 0.3) is 22.7 Å². The topological polar surface area (TPSA) is 58.3 Å². The number of imidazole rings is 1. The highest BCUT2D eigenvalue weighted by atomic mass is 32.1. The van der Waals surface area contributed by atoms with Gasteiger partial charge < -0.3 is 4.98 Å². The normalized spacial score (nSPS) is 11.1. The Kier molecular flexibility index (Phi) is 2.14. The Balaban J connectivity index is 2.05. The molecule has 0 aliphatic heterocycles. The number of rotatable bonds is 2. The minimum absolute atomic E-state index is 0.687. The third-order valence-corrected chi connectivity index (χ3v) is 2.97. The lowest BCUT2D eigenvalue weighted by molar-refractivity contribution is -0.693. The number of aromatic amines is 1. The third-order valence-electron chi connectivity index (χ3n) is 2.46. The van der Waals surface area contributed by atoms with E-state index in [4.69, 9.17) is 0 Å². The molecule has 0 saturated carbocycles. The molecule has 0 bridgehead atoms. The fourth-order valence-corrected chi connectivity index (χ4v) is 2.00. The molecule has 0 saturated heterocycles. The van der Waals surface area contributed by atoms with E-state index < -0.39 is 0 Å². The van der Waals surface area contributed by atoms with Gasteiger partial charge in [0.2, 0.25) is 5.65 Å². The SMILES string of the molecule is CC[n+]1ccc(-c2nc3nsnc3[nH]2)cc1. The fourth-order valence-electron chi connectivity index (χ4n) is 1.54. The van der Waals surface area contributed by atoms with Gasteiger partial charge in [0, 0.05) is 17.7 Å².